The Labute approximate surface area is 164 Å². The van der Waals surface area contributed by atoms with Crippen LogP contribution in [0.15, 0.2) is 34.5 Å². The van der Waals surface area contributed by atoms with Crippen LogP contribution in [-0.2, 0) is 0 Å². The molecule has 0 unspecified atom stereocenters. The van der Waals surface area contributed by atoms with Crippen LogP contribution in [0.1, 0.15) is 55.2 Å². The number of guanidine groups is 1. The van der Waals surface area contributed by atoms with Gasteiger partial charge in [-0.05, 0) is 44.7 Å². The summed E-state index contributed by atoms with van der Waals surface area (Å²) in [6, 6.07) is 8.27. The van der Waals surface area contributed by atoms with Crippen molar-refractivity contribution in [2.75, 3.05) is 0 Å². The number of thiazole rings is 1. The Balaban J connectivity index is 1.72. The normalized spacial score (nSPS) is 14.7. The van der Waals surface area contributed by atoms with E-state index in [2.05, 4.69) is 51.3 Å². The molecule has 1 aliphatic rings. The van der Waals surface area contributed by atoms with E-state index in [1.165, 1.54) is 25.7 Å². The predicted octanol–water partition coefficient (Wildman–Crippen LogP) is 4.05. The fourth-order valence-electron chi connectivity index (χ4n) is 3.24. The third kappa shape index (κ3) is 5.18. The Bertz CT molecular complexity index is 902. The maximum atomic E-state index is 5.33. The van der Waals surface area contributed by atoms with Gasteiger partial charge in [-0.25, -0.2) is 4.98 Å². The van der Waals surface area contributed by atoms with Gasteiger partial charge in [0, 0.05) is 17.5 Å². The van der Waals surface area contributed by atoms with E-state index in [9.17, 15) is 0 Å². The number of rotatable bonds is 4. The zero-order valence-electron chi connectivity index (χ0n) is 15.8. The highest BCUT2D eigenvalue weighted by Crippen LogP contribution is 2.29. The van der Waals surface area contributed by atoms with Gasteiger partial charge in [-0.15, -0.1) is 16.4 Å². The van der Waals surface area contributed by atoms with Gasteiger partial charge in [0.25, 0.3) is 0 Å². The molecule has 1 aromatic heterocycles. The summed E-state index contributed by atoms with van der Waals surface area (Å²) in [5, 5.41) is 8.72. The van der Waals surface area contributed by atoms with Crippen molar-refractivity contribution in [3.8, 4) is 22.4 Å². The van der Waals surface area contributed by atoms with E-state index in [-0.39, 0.29) is 5.96 Å². The van der Waals surface area contributed by atoms with E-state index in [4.69, 9.17) is 11.5 Å². The topological polar surface area (TPSA) is 89.6 Å². The Morgan fingerprint density at radius 2 is 1.89 bits per heavy atom. The Morgan fingerprint density at radius 1 is 1.19 bits per heavy atom. The number of nitrogens with zero attached hydrogens (tertiary/aromatic N) is 3. The number of hydrogen-bond acceptors (Lipinski definition) is 4. The molecule has 1 saturated carbocycles. The zero-order valence-corrected chi connectivity index (χ0v) is 16.6. The van der Waals surface area contributed by atoms with E-state index in [1.54, 1.807) is 11.3 Å². The van der Waals surface area contributed by atoms with Crippen LogP contribution in [0.25, 0.3) is 10.6 Å². The second-order valence-corrected chi connectivity index (χ2v) is 7.88. The van der Waals surface area contributed by atoms with Crippen LogP contribution in [0.2, 0.25) is 0 Å². The zero-order chi connectivity index (χ0) is 19.2. The van der Waals surface area contributed by atoms with Crippen molar-refractivity contribution in [1.29, 1.82) is 0 Å². The number of aromatic nitrogens is 1. The molecule has 0 saturated heterocycles. The number of hydrogen-bond donors (Lipinski definition) is 2. The van der Waals surface area contributed by atoms with Gasteiger partial charge in [0.05, 0.1) is 16.3 Å². The van der Waals surface area contributed by atoms with Gasteiger partial charge in [-0.2, -0.15) is 5.10 Å². The van der Waals surface area contributed by atoms with Crippen molar-refractivity contribution in [3.05, 3.63) is 40.4 Å². The van der Waals surface area contributed by atoms with Crippen molar-refractivity contribution >= 4 is 23.0 Å². The number of nitrogens with two attached hydrogens (primary N) is 2. The van der Waals surface area contributed by atoms with E-state index < -0.39 is 0 Å². The van der Waals surface area contributed by atoms with Crippen molar-refractivity contribution in [2.45, 2.75) is 46.0 Å². The minimum atomic E-state index is -0.0543. The minimum absolute atomic E-state index is 0.0543. The third-order valence-corrected chi connectivity index (χ3v) is 5.99. The molecule has 0 aliphatic heterocycles. The largest absolute Gasteiger partial charge is 0.369 e. The van der Waals surface area contributed by atoms with E-state index >= 15 is 0 Å². The summed E-state index contributed by atoms with van der Waals surface area (Å²) >= 11 is 1.58. The molecule has 27 heavy (non-hydrogen) atoms. The summed E-state index contributed by atoms with van der Waals surface area (Å²) in [6.07, 6.45) is 6.43. The fraction of sp³-hybridized carbons (Fsp3) is 0.381. The highest BCUT2D eigenvalue weighted by atomic mass is 32.1. The molecule has 3 rings (SSSR count). The van der Waals surface area contributed by atoms with Crippen molar-refractivity contribution < 1.29 is 0 Å². The predicted molar refractivity (Wildman–Crippen MR) is 114 cm³/mol. The molecular formula is C21H25N5S. The smallest absolute Gasteiger partial charge is 0.211 e. The lowest BCUT2D eigenvalue weighted by Gasteiger charge is -2.00. The van der Waals surface area contributed by atoms with Crippen LogP contribution < -0.4 is 11.5 Å². The third-order valence-electron chi connectivity index (χ3n) is 4.67. The summed E-state index contributed by atoms with van der Waals surface area (Å²) in [6.45, 7) is 3.84. The molecule has 5 nitrogen and oxygen atoms in total. The lowest BCUT2D eigenvalue weighted by atomic mass is 10.0. The Morgan fingerprint density at radius 3 is 2.56 bits per heavy atom. The van der Waals surface area contributed by atoms with Gasteiger partial charge < -0.3 is 11.5 Å². The first kappa shape index (κ1) is 19.1. The highest BCUT2D eigenvalue weighted by molar-refractivity contribution is 7.17. The summed E-state index contributed by atoms with van der Waals surface area (Å²) in [7, 11) is 0. The van der Waals surface area contributed by atoms with Crippen LogP contribution in [0, 0.1) is 24.7 Å². The van der Waals surface area contributed by atoms with Crippen LogP contribution in [0.4, 0.5) is 0 Å². The molecule has 0 bridgehead atoms. The van der Waals surface area contributed by atoms with Gasteiger partial charge in [-0.1, -0.05) is 36.8 Å². The monoisotopic (exact) mass is 379 g/mol. The molecular weight excluding hydrogens is 354 g/mol. The maximum absolute atomic E-state index is 5.33. The molecule has 0 spiro atoms. The molecule has 0 radical (unpaired) electrons. The number of benzene rings is 1. The first-order chi connectivity index (χ1) is 13.0. The van der Waals surface area contributed by atoms with Crippen LogP contribution in [0.3, 0.4) is 0 Å². The molecule has 1 aromatic carbocycles. The van der Waals surface area contributed by atoms with Gasteiger partial charge in [0.15, 0.2) is 0 Å². The van der Waals surface area contributed by atoms with Gasteiger partial charge >= 0.3 is 0 Å². The standard InChI is InChI=1S/C21H25N5S/c1-14-19(15(2)25-26-21(22)23)27-20(24-14)18-12-10-17(11-13-18)9-5-8-16-6-3-4-7-16/h10-13,16H,3-4,6-8H2,1-2H3,(H4,22,23,26)/b25-15+. The molecule has 140 valence electrons. The maximum Gasteiger partial charge on any atom is 0.211 e. The summed E-state index contributed by atoms with van der Waals surface area (Å²) in [5.41, 5.74) is 14.5. The van der Waals surface area contributed by atoms with E-state index in [1.807, 2.05) is 13.8 Å². The SMILES string of the molecule is C/C(=N\N=C(N)N)c1sc(-c2ccc(C#CCC3CCCC3)cc2)nc1C. The second-order valence-electron chi connectivity index (χ2n) is 6.88. The Kier molecular flexibility index (Phi) is 6.25. The van der Waals surface area contributed by atoms with Crippen molar-refractivity contribution in [3.63, 3.8) is 0 Å². The molecule has 1 heterocycles. The quantitative estimate of drug-likeness (QED) is 0.363. The van der Waals surface area contributed by atoms with E-state index in [0.29, 0.717) is 0 Å². The van der Waals surface area contributed by atoms with Gasteiger partial charge in [-0.3, -0.25) is 0 Å². The molecule has 1 fully saturated rings. The first-order valence-electron chi connectivity index (χ1n) is 9.23. The first-order valence-corrected chi connectivity index (χ1v) is 10.0. The lowest BCUT2D eigenvalue weighted by molar-refractivity contribution is 0.567. The lowest BCUT2D eigenvalue weighted by Crippen LogP contribution is -2.22. The minimum Gasteiger partial charge on any atom is -0.369 e. The van der Waals surface area contributed by atoms with E-state index in [0.717, 1.165) is 44.8 Å². The van der Waals surface area contributed by atoms with Crippen LogP contribution in [0.5, 0.6) is 0 Å². The average Bonchev–Trinajstić information content (AvgIpc) is 3.30. The van der Waals surface area contributed by atoms with Crippen molar-refractivity contribution in [1.82, 2.24) is 4.98 Å². The molecule has 0 atom stereocenters. The molecule has 6 heteroatoms. The molecule has 4 N–H and O–H groups in total. The van der Waals surface area contributed by atoms with Gasteiger partial charge in [0.2, 0.25) is 5.96 Å². The van der Waals surface area contributed by atoms with Crippen LogP contribution >= 0.6 is 11.3 Å². The fourth-order valence-corrected chi connectivity index (χ4v) is 4.25. The highest BCUT2D eigenvalue weighted by Gasteiger charge is 2.13. The molecule has 0 amide bonds. The molecule has 1 aliphatic carbocycles. The Hall–Kier alpha value is -2.65. The van der Waals surface area contributed by atoms with Crippen molar-refractivity contribution in [2.24, 2.45) is 27.6 Å². The van der Waals surface area contributed by atoms with Crippen LogP contribution in [-0.4, -0.2) is 16.7 Å². The van der Waals surface area contributed by atoms with Gasteiger partial charge in [0.1, 0.15) is 5.01 Å². The number of aryl methyl sites for hydroxylation is 1. The second kappa shape index (κ2) is 8.83. The average molecular weight is 380 g/mol. The summed E-state index contributed by atoms with van der Waals surface area (Å²) in [4.78, 5) is 5.65. The summed E-state index contributed by atoms with van der Waals surface area (Å²) in [5.74, 6) is 7.38. The molecule has 2 aromatic rings. The summed E-state index contributed by atoms with van der Waals surface area (Å²) < 4.78 is 0.